The molecule has 4 rings (SSSR count). The van der Waals surface area contributed by atoms with Gasteiger partial charge in [0.25, 0.3) is 0 Å². The van der Waals surface area contributed by atoms with Gasteiger partial charge in [0, 0.05) is 32.9 Å². The average Bonchev–Trinajstić information content (AvgIpc) is 3.24. The van der Waals surface area contributed by atoms with Crippen molar-refractivity contribution < 1.29 is 0 Å². The number of alkyl halides is 1. The molecule has 4 heterocycles. The van der Waals surface area contributed by atoms with Crippen LogP contribution in [0.1, 0.15) is 29.3 Å². The lowest BCUT2D eigenvalue weighted by Gasteiger charge is -2.23. The van der Waals surface area contributed by atoms with Crippen molar-refractivity contribution in [2.24, 2.45) is 0 Å². The summed E-state index contributed by atoms with van der Waals surface area (Å²) >= 11 is 7.82. The zero-order valence-electron chi connectivity index (χ0n) is 12.9. The molecule has 5 nitrogen and oxygen atoms in total. The zero-order chi connectivity index (χ0) is 16.7. The second-order valence-electron chi connectivity index (χ2n) is 5.92. The first-order valence-electron chi connectivity index (χ1n) is 7.86. The number of nitrogens with two attached hydrogens (primary N) is 1. The minimum Gasteiger partial charge on any atom is -0.383 e. The Morgan fingerprint density at radius 2 is 2.33 bits per heavy atom. The van der Waals surface area contributed by atoms with E-state index in [1.807, 2.05) is 6.20 Å². The van der Waals surface area contributed by atoms with Gasteiger partial charge in [0.15, 0.2) is 5.65 Å². The summed E-state index contributed by atoms with van der Waals surface area (Å²) in [5.74, 6) is 1.01. The molecule has 8 heteroatoms. The van der Waals surface area contributed by atoms with E-state index in [0.717, 1.165) is 45.3 Å². The van der Waals surface area contributed by atoms with Crippen LogP contribution in [-0.2, 0) is 4.43 Å². The van der Waals surface area contributed by atoms with E-state index in [9.17, 15) is 0 Å². The standard InChI is InChI=1S/C16H17BrIN5S/c17-13-14(9-2-1-4-20-7-9)22-16-11(8-21-23(16)15(13)19)10-3-5-24-12(10)6-18/h3,5,8-9,20H,1-2,4,6-7,19H2. The molecular formula is C16H17BrIN5S. The lowest BCUT2D eigenvalue weighted by molar-refractivity contribution is 0.453. The summed E-state index contributed by atoms with van der Waals surface area (Å²) in [6.45, 7) is 2.03. The molecule has 3 N–H and O–H groups in total. The Bertz CT molecular complexity index is 884. The molecular weight excluding hydrogens is 501 g/mol. The molecule has 1 atom stereocenters. The van der Waals surface area contributed by atoms with Crippen LogP contribution in [-0.4, -0.2) is 27.7 Å². The highest BCUT2D eigenvalue weighted by Crippen LogP contribution is 2.37. The molecule has 0 radical (unpaired) electrons. The smallest absolute Gasteiger partial charge is 0.165 e. The van der Waals surface area contributed by atoms with Crippen molar-refractivity contribution in [3.63, 3.8) is 0 Å². The van der Waals surface area contributed by atoms with E-state index >= 15 is 0 Å². The van der Waals surface area contributed by atoms with Gasteiger partial charge in [-0.1, -0.05) is 22.6 Å². The first-order valence-corrected chi connectivity index (χ1v) is 11.1. The third-order valence-electron chi connectivity index (χ3n) is 4.49. The van der Waals surface area contributed by atoms with Crippen LogP contribution in [0.15, 0.2) is 22.1 Å². The van der Waals surface area contributed by atoms with Crippen molar-refractivity contribution >= 4 is 61.3 Å². The number of aromatic nitrogens is 3. The third-order valence-corrected chi connectivity index (χ3v) is 7.50. The number of nitrogens with one attached hydrogen (secondary N) is 1. The third kappa shape index (κ3) is 2.77. The SMILES string of the molecule is Nc1c(Br)c(C2CCCNC2)nc2c(-c3ccsc3CI)cnn12. The molecule has 1 aliphatic rings. The number of hydrogen-bond acceptors (Lipinski definition) is 5. The Balaban J connectivity index is 1.90. The molecule has 126 valence electrons. The average molecular weight is 518 g/mol. The number of thiophene rings is 1. The molecule has 0 saturated carbocycles. The predicted molar refractivity (Wildman–Crippen MR) is 111 cm³/mol. The molecule has 0 aromatic carbocycles. The van der Waals surface area contributed by atoms with E-state index in [4.69, 9.17) is 10.7 Å². The summed E-state index contributed by atoms with van der Waals surface area (Å²) in [6, 6.07) is 2.15. The van der Waals surface area contributed by atoms with Gasteiger partial charge in [-0.3, -0.25) is 0 Å². The summed E-state index contributed by atoms with van der Waals surface area (Å²) in [5, 5.41) is 10.1. The second kappa shape index (κ2) is 6.89. The minimum absolute atomic E-state index is 0.384. The number of nitrogen functional groups attached to an aromatic ring is 1. The molecule has 1 saturated heterocycles. The molecule has 3 aromatic heterocycles. The van der Waals surface area contributed by atoms with E-state index in [0.29, 0.717) is 11.7 Å². The summed E-state index contributed by atoms with van der Waals surface area (Å²) in [4.78, 5) is 6.33. The molecule has 1 fully saturated rings. The van der Waals surface area contributed by atoms with Gasteiger partial charge in [-0.2, -0.15) is 9.61 Å². The first kappa shape index (κ1) is 16.7. The van der Waals surface area contributed by atoms with E-state index in [1.54, 1.807) is 15.9 Å². The Hall–Kier alpha value is -0.710. The van der Waals surface area contributed by atoms with E-state index in [2.05, 4.69) is 60.4 Å². The molecule has 0 spiro atoms. The van der Waals surface area contributed by atoms with Crippen molar-refractivity contribution in [1.82, 2.24) is 19.9 Å². The molecule has 0 bridgehead atoms. The van der Waals surface area contributed by atoms with Gasteiger partial charge in [0.2, 0.25) is 0 Å². The fourth-order valence-electron chi connectivity index (χ4n) is 3.24. The highest BCUT2D eigenvalue weighted by Gasteiger charge is 2.24. The van der Waals surface area contributed by atoms with Gasteiger partial charge in [-0.05, 0) is 46.8 Å². The van der Waals surface area contributed by atoms with Crippen LogP contribution in [0.25, 0.3) is 16.8 Å². The fraction of sp³-hybridized carbons (Fsp3) is 0.375. The minimum atomic E-state index is 0.384. The number of anilines is 1. The van der Waals surface area contributed by atoms with Gasteiger partial charge in [-0.25, -0.2) is 4.98 Å². The first-order chi connectivity index (χ1) is 11.7. The number of halogens is 2. The highest BCUT2D eigenvalue weighted by atomic mass is 127. The molecule has 1 unspecified atom stereocenters. The van der Waals surface area contributed by atoms with Crippen LogP contribution in [0.3, 0.4) is 0 Å². The van der Waals surface area contributed by atoms with Crippen LogP contribution < -0.4 is 11.1 Å². The van der Waals surface area contributed by atoms with Crippen molar-refractivity contribution in [2.45, 2.75) is 23.2 Å². The lowest BCUT2D eigenvalue weighted by atomic mass is 9.96. The Morgan fingerprint density at radius 3 is 3.08 bits per heavy atom. The Kier molecular flexibility index (Phi) is 4.81. The maximum atomic E-state index is 6.36. The summed E-state index contributed by atoms with van der Waals surface area (Å²) in [5.41, 5.74) is 10.5. The van der Waals surface area contributed by atoms with Gasteiger partial charge in [0.05, 0.1) is 16.4 Å². The van der Waals surface area contributed by atoms with Crippen LogP contribution in [0, 0.1) is 0 Å². The molecule has 24 heavy (non-hydrogen) atoms. The predicted octanol–water partition coefficient (Wildman–Crippen LogP) is 4.20. The molecule has 1 aliphatic heterocycles. The topological polar surface area (TPSA) is 68.2 Å². The quantitative estimate of drug-likeness (QED) is 0.403. The number of fused-ring (bicyclic) bond motifs is 1. The van der Waals surface area contributed by atoms with Gasteiger partial charge >= 0.3 is 0 Å². The molecule has 3 aromatic rings. The van der Waals surface area contributed by atoms with E-state index < -0.39 is 0 Å². The summed E-state index contributed by atoms with van der Waals surface area (Å²) in [7, 11) is 0. The van der Waals surface area contributed by atoms with Crippen LogP contribution in [0.5, 0.6) is 0 Å². The van der Waals surface area contributed by atoms with Crippen molar-refractivity contribution in [3.8, 4) is 11.1 Å². The zero-order valence-corrected chi connectivity index (χ0v) is 17.5. The normalized spacial score (nSPS) is 18.3. The largest absolute Gasteiger partial charge is 0.383 e. The van der Waals surface area contributed by atoms with E-state index in [-0.39, 0.29) is 0 Å². The van der Waals surface area contributed by atoms with Gasteiger partial charge < -0.3 is 11.1 Å². The summed E-state index contributed by atoms with van der Waals surface area (Å²) in [6.07, 6.45) is 4.18. The van der Waals surface area contributed by atoms with Crippen LogP contribution in [0.2, 0.25) is 0 Å². The Morgan fingerprint density at radius 1 is 1.46 bits per heavy atom. The van der Waals surface area contributed by atoms with Crippen molar-refractivity contribution in [1.29, 1.82) is 0 Å². The monoisotopic (exact) mass is 517 g/mol. The molecule has 0 aliphatic carbocycles. The maximum Gasteiger partial charge on any atom is 0.165 e. The van der Waals surface area contributed by atoms with Gasteiger partial charge in [-0.15, -0.1) is 11.3 Å². The summed E-state index contributed by atoms with van der Waals surface area (Å²) < 4.78 is 3.60. The number of piperidine rings is 1. The van der Waals surface area contributed by atoms with Crippen molar-refractivity contribution in [3.05, 3.63) is 32.7 Å². The van der Waals surface area contributed by atoms with Crippen LogP contribution in [0.4, 0.5) is 5.82 Å². The van der Waals surface area contributed by atoms with Crippen LogP contribution >= 0.6 is 49.9 Å². The highest BCUT2D eigenvalue weighted by molar-refractivity contribution is 14.1. The van der Waals surface area contributed by atoms with Gasteiger partial charge in [0.1, 0.15) is 5.82 Å². The second-order valence-corrected chi connectivity index (χ2v) is 8.48. The molecule has 0 amide bonds. The van der Waals surface area contributed by atoms with E-state index in [1.165, 1.54) is 16.9 Å². The number of hydrogen-bond donors (Lipinski definition) is 2. The van der Waals surface area contributed by atoms with Crippen molar-refractivity contribution in [2.75, 3.05) is 18.8 Å². The number of nitrogens with zero attached hydrogens (tertiary/aromatic N) is 3. The Labute approximate surface area is 166 Å². The number of rotatable bonds is 3. The maximum absolute atomic E-state index is 6.36. The lowest BCUT2D eigenvalue weighted by Crippen LogP contribution is -2.29. The fourth-order valence-corrected chi connectivity index (χ4v) is 5.51.